The second-order valence-corrected chi connectivity index (χ2v) is 6.06. The molecule has 0 radical (unpaired) electrons. The van der Waals surface area contributed by atoms with Crippen molar-refractivity contribution in [3.63, 3.8) is 0 Å². The molecule has 0 heterocycles. The summed E-state index contributed by atoms with van der Waals surface area (Å²) in [6.45, 7) is 5.48. The lowest BCUT2D eigenvalue weighted by atomic mass is 10.1. The number of amides is 3. The minimum atomic E-state index is -0.211. The molecule has 0 spiro atoms. The zero-order valence-corrected chi connectivity index (χ0v) is 15.7. The van der Waals surface area contributed by atoms with E-state index in [0.717, 1.165) is 0 Å². The van der Waals surface area contributed by atoms with Crippen LogP contribution in [0.4, 0.5) is 5.69 Å². The number of benzene rings is 1. The van der Waals surface area contributed by atoms with E-state index in [1.165, 1.54) is 4.90 Å². The van der Waals surface area contributed by atoms with Gasteiger partial charge in [-0.1, -0.05) is 0 Å². The second kappa shape index (κ2) is 9.78. The molecule has 1 aromatic carbocycles. The summed E-state index contributed by atoms with van der Waals surface area (Å²) in [6, 6.07) is 6.82. The molecule has 3 amide bonds. The Labute approximate surface area is 149 Å². The summed E-state index contributed by atoms with van der Waals surface area (Å²) in [4.78, 5) is 40.8. The second-order valence-electron chi connectivity index (χ2n) is 6.06. The van der Waals surface area contributed by atoms with Crippen molar-refractivity contribution >= 4 is 23.4 Å². The fourth-order valence-electron chi connectivity index (χ4n) is 2.26. The van der Waals surface area contributed by atoms with E-state index in [4.69, 9.17) is 0 Å². The first-order chi connectivity index (χ1) is 11.8. The Hall–Kier alpha value is -2.41. The monoisotopic (exact) mass is 348 g/mol. The van der Waals surface area contributed by atoms with Gasteiger partial charge in [0.2, 0.25) is 11.8 Å². The molecule has 0 saturated heterocycles. The molecular weight excluding hydrogens is 320 g/mol. The van der Waals surface area contributed by atoms with Crippen LogP contribution in [0.25, 0.3) is 0 Å². The Bertz CT molecular complexity index is 595. The van der Waals surface area contributed by atoms with E-state index in [9.17, 15) is 14.4 Å². The molecule has 25 heavy (non-hydrogen) atoms. The number of hydrogen-bond acceptors (Lipinski definition) is 4. The molecule has 1 aromatic rings. The predicted molar refractivity (Wildman–Crippen MR) is 98.5 cm³/mol. The summed E-state index contributed by atoms with van der Waals surface area (Å²) < 4.78 is 0. The number of likely N-dealkylation sites (N-methyl/N-ethyl adjacent to an activating group) is 2. The first kappa shape index (κ1) is 20.6. The Morgan fingerprint density at radius 2 is 1.48 bits per heavy atom. The van der Waals surface area contributed by atoms with Gasteiger partial charge in [0, 0.05) is 38.4 Å². The third-order valence-corrected chi connectivity index (χ3v) is 3.78. The smallest absolute Gasteiger partial charge is 0.253 e. The quantitative estimate of drug-likeness (QED) is 0.764. The minimum absolute atomic E-state index is 0.0233. The standard InChI is InChI=1S/C18H28N4O3/c1-6-22(7-2)18(25)14-8-10-15(11-9-14)19-16(23)12-21(5)13-17(24)20(3)4/h8-11H,6-7,12-13H2,1-5H3,(H,19,23). The zero-order chi connectivity index (χ0) is 19.0. The maximum absolute atomic E-state index is 12.2. The first-order valence-electron chi connectivity index (χ1n) is 8.36. The highest BCUT2D eigenvalue weighted by atomic mass is 16.2. The van der Waals surface area contributed by atoms with Crippen molar-refractivity contribution in [3.8, 4) is 0 Å². The molecule has 7 nitrogen and oxygen atoms in total. The number of carbonyl (C=O) groups is 3. The van der Waals surface area contributed by atoms with Crippen molar-refractivity contribution in [3.05, 3.63) is 29.8 Å². The van der Waals surface area contributed by atoms with Crippen LogP contribution in [-0.4, -0.2) is 79.7 Å². The van der Waals surface area contributed by atoms with Crippen LogP contribution in [0.3, 0.4) is 0 Å². The van der Waals surface area contributed by atoms with Gasteiger partial charge in [-0.3, -0.25) is 19.3 Å². The van der Waals surface area contributed by atoms with Crippen LogP contribution in [-0.2, 0) is 9.59 Å². The average molecular weight is 348 g/mol. The van der Waals surface area contributed by atoms with E-state index in [-0.39, 0.29) is 30.8 Å². The summed E-state index contributed by atoms with van der Waals surface area (Å²) in [5.74, 6) is -0.295. The predicted octanol–water partition coefficient (Wildman–Crippen LogP) is 1.13. The van der Waals surface area contributed by atoms with Crippen molar-refractivity contribution in [2.24, 2.45) is 0 Å². The van der Waals surface area contributed by atoms with E-state index in [1.807, 2.05) is 13.8 Å². The highest BCUT2D eigenvalue weighted by Crippen LogP contribution is 2.11. The fourth-order valence-corrected chi connectivity index (χ4v) is 2.26. The molecule has 1 N–H and O–H groups in total. The molecule has 1 rings (SSSR count). The molecule has 0 aliphatic heterocycles. The van der Waals surface area contributed by atoms with Crippen molar-refractivity contribution in [2.75, 3.05) is 52.6 Å². The molecule has 0 unspecified atom stereocenters. The van der Waals surface area contributed by atoms with E-state index in [1.54, 1.807) is 55.2 Å². The largest absolute Gasteiger partial charge is 0.348 e. The van der Waals surface area contributed by atoms with Crippen LogP contribution in [0.5, 0.6) is 0 Å². The van der Waals surface area contributed by atoms with Gasteiger partial charge in [0.1, 0.15) is 0 Å². The van der Waals surface area contributed by atoms with E-state index < -0.39 is 0 Å². The number of carbonyl (C=O) groups excluding carboxylic acids is 3. The third-order valence-electron chi connectivity index (χ3n) is 3.78. The van der Waals surface area contributed by atoms with Gasteiger partial charge in [0.25, 0.3) is 5.91 Å². The van der Waals surface area contributed by atoms with Gasteiger partial charge in [-0.15, -0.1) is 0 Å². The summed E-state index contributed by atoms with van der Waals surface area (Å²) in [5.41, 5.74) is 1.21. The Kier molecular flexibility index (Phi) is 8.07. The Morgan fingerprint density at radius 1 is 0.920 bits per heavy atom. The highest BCUT2D eigenvalue weighted by Gasteiger charge is 2.14. The molecule has 0 aliphatic rings. The molecule has 7 heteroatoms. The number of nitrogens with zero attached hydrogens (tertiary/aromatic N) is 3. The van der Waals surface area contributed by atoms with Gasteiger partial charge in [-0.2, -0.15) is 0 Å². The SMILES string of the molecule is CCN(CC)C(=O)c1ccc(NC(=O)CN(C)CC(=O)N(C)C)cc1. The lowest BCUT2D eigenvalue weighted by Crippen LogP contribution is -2.38. The number of anilines is 1. The first-order valence-corrected chi connectivity index (χ1v) is 8.36. The van der Waals surface area contributed by atoms with Gasteiger partial charge in [0.05, 0.1) is 13.1 Å². The molecule has 0 aromatic heterocycles. The lowest BCUT2D eigenvalue weighted by Gasteiger charge is -2.19. The molecule has 138 valence electrons. The van der Waals surface area contributed by atoms with Crippen LogP contribution < -0.4 is 5.32 Å². The van der Waals surface area contributed by atoms with Gasteiger partial charge >= 0.3 is 0 Å². The zero-order valence-electron chi connectivity index (χ0n) is 15.7. The highest BCUT2D eigenvalue weighted by molar-refractivity contribution is 5.96. The normalized spacial score (nSPS) is 10.5. The molecule has 0 fully saturated rings. The van der Waals surface area contributed by atoms with Crippen molar-refractivity contribution in [2.45, 2.75) is 13.8 Å². The average Bonchev–Trinajstić information content (AvgIpc) is 2.56. The molecule has 0 atom stereocenters. The lowest BCUT2D eigenvalue weighted by molar-refractivity contribution is -0.130. The molecule has 0 bridgehead atoms. The summed E-state index contributed by atoms with van der Waals surface area (Å²) in [7, 11) is 5.07. The number of hydrogen-bond donors (Lipinski definition) is 1. The third kappa shape index (κ3) is 6.54. The summed E-state index contributed by atoms with van der Waals surface area (Å²) in [6.07, 6.45) is 0. The summed E-state index contributed by atoms with van der Waals surface area (Å²) >= 11 is 0. The molecular formula is C18H28N4O3. The molecule has 0 aliphatic carbocycles. The maximum atomic E-state index is 12.2. The topological polar surface area (TPSA) is 73.0 Å². The van der Waals surface area contributed by atoms with Gasteiger partial charge in [0.15, 0.2) is 0 Å². The van der Waals surface area contributed by atoms with Crippen LogP contribution in [0, 0.1) is 0 Å². The van der Waals surface area contributed by atoms with Gasteiger partial charge in [-0.05, 0) is 45.2 Å². The summed E-state index contributed by atoms with van der Waals surface area (Å²) in [5, 5.41) is 2.77. The Morgan fingerprint density at radius 3 is 1.96 bits per heavy atom. The van der Waals surface area contributed by atoms with Crippen molar-refractivity contribution in [1.82, 2.24) is 14.7 Å². The van der Waals surface area contributed by atoms with Crippen LogP contribution in [0.15, 0.2) is 24.3 Å². The fraction of sp³-hybridized carbons (Fsp3) is 0.500. The number of nitrogens with one attached hydrogen (secondary N) is 1. The van der Waals surface area contributed by atoms with Crippen LogP contribution >= 0.6 is 0 Å². The van der Waals surface area contributed by atoms with Gasteiger partial charge < -0.3 is 15.1 Å². The number of rotatable bonds is 8. The molecule has 0 saturated carbocycles. The minimum Gasteiger partial charge on any atom is -0.348 e. The van der Waals surface area contributed by atoms with Gasteiger partial charge in [-0.25, -0.2) is 0 Å². The van der Waals surface area contributed by atoms with E-state index in [2.05, 4.69) is 5.32 Å². The Balaban J connectivity index is 2.58. The van der Waals surface area contributed by atoms with Crippen LogP contribution in [0.1, 0.15) is 24.2 Å². The van der Waals surface area contributed by atoms with Crippen LogP contribution in [0.2, 0.25) is 0 Å². The van der Waals surface area contributed by atoms with Crippen molar-refractivity contribution < 1.29 is 14.4 Å². The van der Waals surface area contributed by atoms with Crippen molar-refractivity contribution in [1.29, 1.82) is 0 Å². The van der Waals surface area contributed by atoms with E-state index in [0.29, 0.717) is 24.3 Å². The maximum Gasteiger partial charge on any atom is 0.253 e. The van der Waals surface area contributed by atoms with E-state index >= 15 is 0 Å².